The van der Waals surface area contributed by atoms with Crippen molar-refractivity contribution in [3.8, 4) is 11.5 Å². The standard InChI is InChI=1S/C21H34N2O2/c1-5-13-25-20-8-7-18(14-21(20)24-6-2)15-22-19-9-11-23(12-10-19)16-17(3)4/h7-8,14,19,22H,3,5-6,9-13,15-16H2,1-2,4H3. The Morgan fingerprint density at radius 2 is 1.96 bits per heavy atom. The van der Waals surface area contributed by atoms with Crippen LogP contribution in [0.15, 0.2) is 30.4 Å². The van der Waals surface area contributed by atoms with Crippen LogP contribution in [0.3, 0.4) is 0 Å². The molecule has 4 nitrogen and oxygen atoms in total. The lowest BCUT2D eigenvalue weighted by Crippen LogP contribution is -2.42. The van der Waals surface area contributed by atoms with Crippen molar-refractivity contribution in [2.75, 3.05) is 32.8 Å². The van der Waals surface area contributed by atoms with Crippen molar-refractivity contribution in [2.45, 2.75) is 52.6 Å². The van der Waals surface area contributed by atoms with E-state index in [0.29, 0.717) is 12.6 Å². The van der Waals surface area contributed by atoms with Crippen LogP contribution in [0.4, 0.5) is 0 Å². The molecular formula is C21H34N2O2. The fourth-order valence-electron chi connectivity index (χ4n) is 3.20. The van der Waals surface area contributed by atoms with Crippen molar-refractivity contribution < 1.29 is 9.47 Å². The number of rotatable bonds is 10. The molecule has 0 radical (unpaired) electrons. The fraction of sp³-hybridized carbons (Fsp3) is 0.619. The van der Waals surface area contributed by atoms with E-state index >= 15 is 0 Å². The van der Waals surface area contributed by atoms with Crippen LogP contribution in [-0.2, 0) is 6.54 Å². The van der Waals surface area contributed by atoms with E-state index in [2.05, 4.69) is 42.8 Å². The number of hydrogen-bond acceptors (Lipinski definition) is 4. The number of nitrogens with zero attached hydrogens (tertiary/aromatic N) is 1. The molecule has 1 saturated heterocycles. The van der Waals surface area contributed by atoms with Crippen LogP contribution >= 0.6 is 0 Å². The first-order chi connectivity index (χ1) is 12.1. The van der Waals surface area contributed by atoms with Crippen molar-refractivity contribution in [3.05, 3.63) is 35.9 Å². The molecule has 2 rings (SSSR count). The summed E-state index contributed by atoms with van der Waals surface area (Å²) < 4.78 is 11.5. The third-order valence-corrected chi connectivity index (χ3v) is 4.45. The topological polar surface area (TPSA) is 33.7 Å². The summed E-state index contributed by atoms with van der Waals surface area (Å²) in [4.78, 5) is 2.49. The third kappa shape index (κ3) is 6.71. The highest BCUT2D eigenvalue weighted by molar-refractivity contribution is 5.43. The third-order valence-electron chi connectivity index (χ3n) is 4.45. The zero-order valence-electron chi connectivity index (χ0n) is 16.1. The number of hydrogen-bond donors (Lipinski definition) is 1. The largest absolute Gasteiger partial charge is 0.490 e. The van der Waals surface area contributed by atoms with Crippen molar-refractivity contribution in [1.29, 1.82) is 0 Å². The molecule has 140 valence electrons. The van der Waals surface area contributed by atoms with Crippen molar-refractivity contribution >= 4 is 0 Å². The highest BCUT2D eigenvalue weighted by atomic mass is 16.5. The Balaban J connectivity index is 1.84. The maximum atomic E-state index is 5.77. The molecule has 1 aliphatic heterocycles. The molecule has 0 aromatic heterocycles. The Labute approximate surface area is 153 Å². The fourth-order valence-corrected chi connectivity index (χ4v) is 3.20. The molecule has 0 spiro atoms. The van der Waals surface area contributed by atoms with Gasteiger partial charge in [0.25, 0.3) is 0 Å². The predicted octanol–water partition coefficient (Wildman–Crippen LogP) is 4.00. The molecule has 1 fully saturated rings. The zero-order valence-corrected chi connectivity index (χ0v) is 16.1. The molecule has 0 bridgehead atoms. The van der Waals surface area contributed by atoms with Gasteiger partial charge in [0.05, 0.1) is 13.2 Å². The lowest BCUT2D eigenvalue weighted by molar-refractivity contribution is 0.211. The van der Waals surface area contributed by atoms with Gasteiger partial charge in [0.1, 0.15) is 0 Å². The highest BCUT2D eigenvalue weighted by Crippen LogP contribution is 2.28. The summed E-state index contributed by atoms with van der Waals surface area (Å²) in [6, 6.07) is 6.87. The average Bonchev–Trinajstić information content (AvgIpc) is 2.60. The number of piperidine rings is 1. The van der Waals surface area contributed by atoms with E-state index in [4.69, 9.17) is 9.47 Å². The molecule has 0 saturated carbocycles. The second kappa shape index (κ2) is 10.5. The highest BCUT2D eigenvalue weighted by Gasteiger charge is 2.18. The molecular weight excluding hydrogens is 312 g/mol. The van der Waals surface area contributed by atoms with Crippen LogP contribution in [0.25, 0.3) is 0 Å². The lowest BCUT2D eigenvalue weighted by atomic mass is 10.0. The Bertz CT molecular complexity index is 537. The number of ether oxygens (including phenoxy) is 2. The molecule has 1 aromatic carbocycles. The summed E-state index contributed by atoms with van der Waals surface area (Å²) in [7, 11) is 0. The molecule has 25 heavy (non-hydrogen) atoms. The van der Waals surface area contributed by atoms with Gasteiger partial charge in [-0.2, -0.15) is 0 Å². The van der Waals surface area contributed by atoms with E-state index in [1.807, 2.05) is 13.0 Å². The lowest BCUT2D eigenvalue weighted by Gasteiger charge is -2.32. The van der Waals surface area contributed by atoms with E-state index < -0.39 is 0 Å². The van der Waals surface area contributed by atoms with Gasteiger partial charge in [0.2, 0.25) is 0 Å². The summed E-state index contributed by atoms with van der Waals surface area (Å²) in [5, 5.41) is 3.70. The maximum absolute atomic E-state index is 5.77. The van der Waals surface area contributed by atoms with E-state index in [1.54, 1.807) is 0 Å². The van der Waals surface area contributed by atoms with Gasteiger partial charge in [-0.1, -0.05) is 25.1 Å². The number of likely N-dealkylation sites (tertiary alicyclic amines) is 1. The van der Waals surface area contributed by atoms with Crippen LogP contribution in [0.5, 0.6) is 11.5 Å². The second-order valence-electron chi connectivity index (χ2n) is 6.95. The molecule has 1 aromatic rings. The van der Waals surface area contributed by atoms with E-state index in [-0.39, 0.29) is 0 Å². The van der Waals surface area contributed by atoms with E-state index in [1.165, 1.54) is 24.0 Å². The van der Waals surface area contributed by atoms with Crippen molar-refractivity contribution in [2.24, 2.45) is 0 Å². The van der Waals surface area contributed by atoms with Gasteiger partial charge < -0.3 is 14.8 Å². The first-order valence-electron chi connectivity index (χ1n) is 9.61. The Morgan fingerprint density at radius 1 is 1.20 bits per heavy atom. The van der Waals surface area contributed by atoms with Crippen LogP contribution < -0.4 is 14.8 Å². The van der Waals surface area contributed by atoms with Gasteiger partial charge >= 0.3 is 0 Å². The Morgan fingerprint density at radius 3 is 2.60 bits per heavy atom. The molecule has 0 atom stereocenters. The minimum absolute atomic E-state index is 0.591. The van der Waals surface area contributed by atoms with Crippen molar-refractivity contribution in [3.63, 3.8) is 0 Å². The number of benzene rings is 1. The van der Waals surface area contributed by atoms with Gasteiger partial charge in [-0.3, -0.25) is 4.90 Å². The molecule has 4 heteroatoms. The monoisotopic (exact) mass is 346 g/mol. The second-order valence-corrected chi connectivity index (χ2v) is 6.95. The summed E-state index contributed by atoms with van der Waals surface area (Å²) in [6.45, 7) is 15.8. The van der Waals surface area contributed by atoms with E-state index in [9.17, 15) is 0 Å². The number of nitrogens with one attached hydrogen (secondary N) is 1. The first kappa shape index (κ1) is 19.8. The van der Waals surface area contributed by atoms with E-state index in [0.717, 1.165) is 50.7 Å². The predicted molar refractivity (Wildman–Crippen MR) is 105 cm³/mol. The Kier molecular flexibility index (Phi) is 8.29. The van der Waals surface area contributed by atoms with Gasteiger partial charge in [-0.05, 0) is 63.9 Å². The Hall–Kier alpha value is -1.52. The molecule has 1 aliphatic rings. The van der Waals surface area contributed by atoms with Crippen LogP contribution in [0.2, 0.25) is 0 Å². The molecule has 0 aliphatic carbocycles. The summed E-state index contributed by atoms with van der Waals surface area (Å²) in [5.41, 5.74) is 2.50. The van der Waals surface area contributed by atoms with Crippen LogP contribution in [-0.4, -0.2) is 43.8 Å². The van der Waals surface area contributed by atoms with Crippen LogP contribution in [0, 0.1) is 0 Å². The van der Waals surface area contributed by atoms with Gasteiger partial charge in [-0.15, -0.1) is 0 Å². The average molecular weight is 347 g/mol. The molecule has 1 N–H and O–H groups in total. The van der Waals surface area contributed by atoms with Gasteiger partial charge in [0, 0.05) is 19.1 Å². The minimum Gasteiger partial charge on any atom is -0.490 e. The first-order valence-corrected chi connectivity index (χ1v) is 9.61. The maximum Gasteiger partial charge on any atom is 0.161 e. The summed E-state index contributed by atoms with van der Waals surface area (Å²) >= 11 is 0. The SMILES string of the molecule is C=C(C)CN1CCC(NCc2ccc(OCCC)c(OCC)c2)CC1. The zero-order chi connectivity index (χ0) is 18.1. The van der Waals surface area contributed by atoms with Gasteiger partial charge in [0.15, 0.2) is 11.5 Å². The van der Waals surface area contributed by atoms with Crippen LogP contribution in [0.1, 0.15) is 45.6 Å². The normalized spacial score (nSPS) is 16.0. The molecule has 0 amide bonds. The molecule has 1 heterocycles. The smallest absolute Gasteiger partial charge is 0.161 e. The quantitative estimate of drug-likeness (QED) is 0.649. The summed E-state index contributed by atoms with van der Waals surface area (Å²) in [6.07, 6.45) is 3.39. The van der Waals surface area contributed by atoms with Crippen molar-refractivity contribution in [1.82, 2.24) is 10.2 Å². The van der Waals surface area contributed by atoms with Gasteiger partial charge in [-0.25, -0.2) is 0 Å². The minimum atomic E-state index is 0.591. The molecule has 0 unspecified atom stereocenters. The summed E-state index contributed by atoms with van der Waals surface area (Å²) in [5.74, 6) is 1.70.